The minimum atomic E-state index is -0.358. The Bertz CT molecular complexity index is 567. The van der Waals surface area contributed by atoms with E-state index in [-0.39, 0.29) is 29.6 Å². The molecule has 23 heavy (non-hydrogen) atoms. The lowest BCUT2D eigenvalue weighted by atomic mass is 9.91. The Morgan fingerprint density at radius 3 is 2.57 bits per heavy atom. The van der Waals surface area contributed by atoms with Crippen molar-refractivity contribution in [3.63, 3.8) is 0 Å². The van der Waals surface area contributed by atoms with E-state index < -0.39 is 0 Å². The quantitative estimate of drug-likeness (QED) is 0.830. The first-order valence-corrected chi connectivity index (χ1v) is 8.42. The number of carbonyl (C=O) groups is 2. The van der Waals surface area contributed by atoms with E-state index in [1.165, 1.54) is 0 Å². The smallest absolute Gasteiger partial charge is 0.226 e. The average Bonchev–Trinajstić information content (AvgIpc) is 3.25. The summed E-state index contributed by atoms with van der Waals surface area (Å²) in [6.45, 7) is 2.97. The average molecular weight is 315 g/mol. The van der Waals surface area contributed by atoms with Gasteiger partial charge in [0.25, 0.3) is 0 Å². The molecule has 3 N–H and O–H groups in total. The van der Waals surface area contributed by atoms with Crippen molar-refractivity contribution in [1.29, 1.82) is 0 Å². The van der Waals surface area contributed by atoms with Crippen molar-refractivity contribution in [3.05, 3.63) is 35.9 Å². The molecule has 0 bridgehead atoms. The number of carbonyl (C=O) groups excluding carboxylic acids is 2. The van der Waals surface area contributed by atoms with E-state index in [1.54, 1.807) is 0 Å². The van der Waals surface area contributed by atoms with Gasteiger partial charge in [0, 0.05) is 25.4 Å². The molecule has 0 radical (unpaired) electrons. The van der Waals surface area contributed by atoms with Crippen molar-refractivity contribution in [1.82, 2.24) is 10.2 Å². The third-order valence-electron chi connectivity index (χ3n) is 5.24. The Balaban J connectivity index is 1.67. The number of amides is 2. The Labute approximate surface area is 137 Å². The van der Waals surface area contributed by atoms with E-state index in [9.17, 15) is 9.59 Å². The number of nitrogens with zero attached hydrogens (tertiary/aromatic N) is 1. The molecule has 1 atom stereocenters. The maximum Gasteiger partial charge on any atom is 0.226 e. The summed E-state index contributed by atoms with van der Waals surface area (Å²) in [5.41, 5.74) is 6.58. The van der Waals surface area contributed by atoms with Crippen molar-refractivity contribution in [2.75, 3.05) is 19.6 Å². The van der Waals surface area contributed by atoms with Crippen LogP contribution in [0.25, 0.3) is 0 Å². The number of primary amides is 1. The van der Waals surface area contributed by atoms with Gasteiger partial charge in [-0.05, 0) is 43.3 Å². The van der Waals surface area contributed by atoms with Crippen LogP contribution in [0.1, 0.15) is 31.2 Å². The highest BCUT2D eigenvalue weighted by molar-refractivity contribution is 5.83. The molecule has 1 spiro atoms. The maximum atomic E-state index is 12.9. The van der Waals surface area contributed by atoms with Crippen LogP contribution >= 0.6 is 0 Å². The van der Waals surface area contributed by atoms with Crippen LogP contribution < -0.4 is 11.1 Å². The molecule has 124 valence electrons. The number of hydrogen-bond donors (Lipinski definition) is 2. The van der Waals surface area contributed by atoms with Gasteiger partial charge in [0.05, 0.1) is 0 Å². The fourth-order valence-electron chi connectivity index (χ4n) is 3.71. The molecule has 0 aromatic heterocycles. The summed E-state index contributed by atoms with van der Waals surface area (Å²) in [6.07, 6.45) is 3.38. The summed E-state index contributed by atoms with van der Waals surface area (Å²) < 4.78 is 0. The van der Waals surface area contributed by atoms with Crippen molar-refractivity contribution in [2.24, 2.45) is 17.1 Å². The van der Waals surface area contributed by atoms with E-state index in [1.807, 2.05) is 35.2 Å². The first-order valence-electron chi connectivity index (χ1n) is 8.42. The van der Waals surface area contributed by atoms with Crippen LogP contribution in [-0.4, -0.2) is 36.3 Å². The van der Waals surface area contributed by atoms with Crippen LogP contribution in [0.2, 0.25) is 0 Å². The normalized spacial score (nSPS) is 21.8. The van der Waals surface area contributed by atoms with Gasteiger partial charge in [0.2, 0.25) is 11.8 Å². The Morgan fingerprint density at radius 2 is 1.91 bits per heavy atom. The second-order valence-corrected chi connectivity index (χ2v) is 6.83. The minimum absolute atomic E-state index is 0.126. The number of nitrogens with one attached hydrogen (secondary N) is 1. The number of benzene rings is 1. The van der Waals surface area contributed by atoms with Gasteiger partial charge in [-0.2, -0.15) is 0 Å². The molecule has 1 saturated carbocycles. The summed E-state index contributed by atoms with van der Waals surface area (Å²) in [7, 11) is 0. The minimum Gasteiger partial charge on any atom is -0.370 e. The number of nitrogens with two attached hydrogens (primary N) is 1. The van der Waals surface area contributed by atoms with E-state index in [2.05, 4.69) is 5.32 Å². The lowest BCUT2D eigenvalue weighted by Gasteiger charge is -2.27. The van der Waals surface area contributed by atoms with Crippen molar-refractivity contribution in [3.8, 4) is 0 Å². The summed E-state index contributed by atoms with van der Waals surface area (Å²) in [4.78, 5) is 25.9. The van der Waals surface area contributed by atoms with Crippen LogP contribution in [0.3, 0.4) is 0 Å². The molecule has 3 rings (SSSR count). The second kappa shape index (κ2) is 6.71. The van der Waals surface area contributed by atoms with E-state index in [4.69, 9.17) is 5.73 Å². The highest BCUT2D eigenvalue weighted by atomic mass is 16.2. The summed E-state index contributed by atoms with van der Waals surface area (Å²) >= 11 is 0. The highest BCUT2D eigenvalue weighted by Crippen LogP contribution is 2.59. The van der Waals surface area contributed by atoms with Crippen LogP contribution in [0.15, 0.2) is 30.3 Å². The molecule has 1 aliphatic heterocycles. The Hall–Kier alpha value is -1.88. The third-order valence-corrected chi connectivity index (χ3v) is 5.24. The molecule has 2 amide bonds. The van der Waals surface area contributed by atoms with E-state index in [0.29, 0.717) is 13.1 Å². The maximum absolute atomic E-state index is 12.9. The van der Waals surface area contributed by atoms with Crippen LogP contribution in [-0.2, 0) is 16.1 Å². The Morgan fingerprint density at radius 1 is 1.22 bits per heavy atom. The molecule has 1 aromatic rings. The van der Waals surface area contributed by atoms with Gasteiger partial charge in [-0.1, -0.05) is 30.3 Å². The third kappa shape index (κ3) is 3.72. The van der Waals surface area contributed by atoms with Gasteiger partial charge in [-0.3, -0.25) is 9.59 Å². The number of piperidine rings is 1. The predicted octanol–water partition coefficient (Wildman–Crippen LogP) is 1.28. The van der Waals surface area contributed by atoms with E-state index >= 15 is 0 Å². The second-order valence-electron chi connectivity index (χ2n) is 6.83. The molecule has 5 nitrogen and oxygen atoms in total. The van der Waals surface area contributed by atoms with Gasteiger partial charge >= 0.3 is 0 Å². The van der Waals surface area contributed by atoms with Crippen molar-refractivity contribution in [2.45, 2.75) is 32.2 Å². The predicted molar refractivity (Wildman–Crippen MR) is 88.3 cm³/mol. The van der Waals surface area contributed by atoms with Crippen LogP contribution in [0.5, 0.6) is 0 Å². The molecule has 2 aliphatic rings. The fraction of sp³-hybridized carbons (Fsp3) is 0.556. The number of hydrogen-bond acceptors (Lipinski definition) is 3. The Kier molecular flexibility index (Phi) is 4.66. The van der Waals surface area contributed by atoms with Gasteiger partial charge in [0.15, 0.2) is 0 Å². The molecular formula is C18H25N3O2. The van der Waals surface area contributed by atoms with Crippen LogP contribution in [0, 0.1) is 11.3 Å². The van der Waals surface area contributed by atoms with Crippen LogP contribution in [0.4, 0.5) is 0 Å². The molecule has 1 saturated heterocycles. The summed E-state index contributed by atoms with van der Waals surface area (Å²) in [5.74, 6) is -0.0403. The van der Waals surface area contributed by atoms with Crippen molar-refractivity contribution < 1.29 is 9.59 Å². The first-order chi connectivity index (χ1) is 11.1. The van der Waals surface area contributed by atoms with Gasteiger partial charge in [0.1, 0.15) is 0 Å². The lowest BCUT2D eigenvalue weighted by molar-refractivity contribution is -0.134. The lowest BCUT2D eigenvalue weighted by Crippen LogP contribution is -2.37. The molecular weight excluding hydrogens is 290 g/mol. The zero-order valence-electron chi connectivity index (χ0n) is 13.5. The van der Waals surface area contributed by atoms with Gasteiger partial charge in [-0.15, -0.1) is 0 Å². The molecule has 1 heterocycles. The van der Waals surface area contributed by atoms with Crippen molar-refractivity contribution >= 4 is 11.8 Å². The van der Waals surface area contributed by atoms with Gasteiger partial charge < -0.3 is 16.0 Å². The molecule has 5 heteroatoms. The zero-order valence-corrected chi connectivity index (χ0v) is 13.5. The largest absolute Gasteiger partial charge is 0.370 e. The van der Waals surface area contributed by atoms with E-state index in [0.717, 1.165) is 37.9 Å². The molecule has 1 aliphatic carbocycles. The molecule has 1 aromatic carbocycles. The topological polar surface area (TPSA) is 75.4 Å². The molecule has 2 fully saturated rings. The molecule has 1 unspecified atom stereocenters. The summed E-state index contributed by atoms with van der Waals surface area (Å²) in [5, 5.41) is 3.36. The monoisotopic (exact) mass is 315 g/mol. The first kappa shape index (κ1) is 16.0. The van der Waals surface area contributed by atoms with Gasteiger partial charge in [-0.25, -0.2) is 0 Å². The standard InChI is InChI=1S/C18H25N3O2/c19-16(22)6-11-21(13-14-4-2-1-3-5-14)17(23)15-12-18(15)7-9-20-10-8-18/h1-5,15,20H,6-13H2,(H2,19,22). The number of rotatable bonds is 6. The zero-order chi connectivity index (χ0) is 16.3. The fourth-order valence-corrected chi connectivity index (χ4v) is 3.71. The highest BCUT2D eigenvalue weighted by Gasteiger charge is 2.58. The summed E-state index contributed by atoms with van der Waals surface area (Å²) in [6, 6.07) is 9.93. The SMILES string of the molecule is NC(=O)CCN(Cc1ccccc1)C(=O)C1CC12CCNCC2.